The Labute approximate surface area is 166 Å². The van der Waals surface area contributed by atoms with E-state index in [1.165, 1.54) is 0 Å². The molecule has 0 radical (unpaired) electrons. The summed E-state index contributed by atoms with van der Waals surface area (Å²) in [5, 5.41) is 10.2. The van der Waals surface area contributed by atoms with Crippen molar-refractivity contribution in [3.05, 3.63) is 59.7 Å². The van der Waals surface area contributed by atoms with Crippen molar-refractivity contribution in [2.24, 2.45) is 5.41 Å². The highest BCUT2D eigenvalue weighted by atomic mass is 16.5. The van der Waals surface area contributed by atoms with Gasteiger partial charge in [0.2, 0.25) is 0 Å². The Balaban J connectivity index is 1.82. The second-order valence-electron chi connectivity index (χ2n) is 7.47. The number of phenols is 1. The topological polar surface area (TPSA) is 59.0 Å². The first kappa shape index (κ1) is 20.2. The van der Waals surface area contributed by atoms with Gasteiger partial charge < -0.3 is 14.6 Å². The minimum absolute atomic E-state index is 0.126. The third-order valence-corrected chi connectivity index (χ3v) is 5.43. The summed E-state index contributed by atoms with van der Waals surface area (Å²) >= 11 is 0. The zero-order chi connectivity index (χ0) is 20.0. The van der Waals surface area contributed by atoms with Crippen LogP contribution < -0.4 is 4.74 Å². The number of hydrogen-bond acceptors (Lipinski definition) is 5. The molecule has 1 heterocycles. The molecular weight excluding hydrogens is 354 g/mol. The molecule has 1 fully saturated rings. The summed E-state index contributed by atoms with van der Waals surface area (Å²) in [5.74, 6) is 0.834. The Morgan fingerprint density at radius 3 is 2.71 bits per heavy atom. The van der Waals surface area contributed by atoms with Crippen LogP contribution in [0.2, 0.25) is 0 Å². The van der Waals surface area contributed by atoms with Crippen molar-refractivity contribution >= 4 is 5.97 Å². The van der Waals surface area contributed by atoms with Gasteiger partial charge in [0.25, 0.3) is 0 Å². The molecule has 5 nitrogen and oxygen atoms in total. The first-order chi connectivity index (χ1) is 13.6. The second-order valence-corrected chi connectivity index (χ2v) is 7.47. The molecule has 0 unspecified atom stereocenters. The largest absolute Gasteiger partial charge is 0.508 e. The summed E-state index contributed by atoms with van der Waals surface area (Å²) in [4.78, 5) is 15.2. The number of hydrogen-bond donors (Lipinski definition) is 1. The van der Waals surface area contributed by atoms with Gasteiger partial charge in [-0.3, -0.25) is 9.69 Å². The van der Waals surface area contributed by atoms with Gasteiger partial charge >= 0.3 is 5.97 Å². The molecular formula is C23H29NO4. The van der Waals surface area contributed by atoms with Crippen molar-refractivity contribution in [2.75, 3.05) is 26.8 Å². The van der Waals surface area contributed by atoms with Crippen LogP contribution in [-0.4, -0.2) is 42.8 Å². The summed E-state index contributed by atoms with van der Waals surface area (Å²) in [6.07, 6.45) is 2.38. The zero-order valence-electron chi connectivity index (χ0n) is 16.7. The highest BCUT2D eigenvalue weighted by Crippen LogP contribution is 2.36. The molecule has 1 N–H and O–H groups in total. The van der Waals surface area contributed by atoms with Gasteiger partial charge in [-0.25, -0.2) is 0 Å². The average molecular weight is 383 g/mol. The van der Waals surface area contributed by atoms with E-state index in [1.807, 2.05) is 31.2 Å². The maximum absolute atomic E-state index is 13.0. The fraction of sp³-hybridized carbons (Fsp3) is 0.435. The van der Waals surface area contributed by atoms with Crippen LogP contribution in [0.15, 0.2) is 48.5 Å². The van der Waals surface area contributed by atoms with E-state index in [4.69, 9.17) is 9.47 Å². The molecule has 2 aromatic rings. The summed E-state index contributed by atoms with van der Waals surface area (Å²) < 4.78 is 10.8. The highest BCUT2D eigenvalue weighted by molar-refractivity contribution is 5.77. The number of carbonyl (C=O) groups excluding carboxylic acids is 1. The first-order valence-corrected chi connectivity index (χ1v) is 9.86. The Bertz CT molecular complexity index is 792. The van der Waals surface area contributed by atoms with Crippen molar-refractivity contribution in [3.63, 3.8) is 0 Å². The Morgan fingerprint density at radius 2 is 2.00 bits per heavy atom. The molecule has 1 atom stereocenters. The van der Waals surface area contributed by atoms with Crippen molar-refractivity contribution in [1.29, 1.82) is 0 Å². The molecule has 0 saturated carbocycles. The number of piperidine rings is 1. The quantitative estimate of drug-likeness (QED) is 0.737. The minimum Gasteiger partial charge on any atom is -0.508 e. The summed E-state index contributed by atoms with van der Waals surface area (Å²) in [6, 6.07) is 15.4. The smallest absolute Gasteiger partial charge is 0.313 e. The Hall–Kier alpha value is -2.53. The van der Waals surface area contributed by atoms with E-state index in [9.17, 15) is 9.90 Å². The lowest BCUT2D eigenvalue weighted by Gasteiger charge is -2.41. The number of methoxy groups -OCH3 is 1. The predicted molar refractivity (Wildman–Crippen MR) is 108 cm³/mol. The molecule has 5 heteroatoms. The van der Waals surface area contributed by atoms with Gasteiger partial charge in [0.15, 0.2) is 0 Å². The van der Waals surface area contributed by atoms with Gasteiger partial charge in [-0.2, -0.15) is 0 Å². The number of likely N-dealkylation sites (tertiary alicyclic amines) is 1. The second kappa shape index (κ2) is 9.11. The zero-order valence-corrected chi connectivity index (χ0v) is 16.7. The van der Waals surface area contributed by atoms with Crippen LogP contribution in [0.5, 0.6) is 11.5 Å². The van der Waals surface area contributed by atoms with Gasteiger partial charge in [0, 0.05) is 18.7 Å². The lowest BCUT2D eigenvalue weighted by molar-refractivity contribution is -0.159. The molecule has 1 aliphatic rings. The van der Waals surface area contributed by atoms with Crippen LogP contribution in [0.4, 0.5) is 0 Å². The Kier molecular flexibility index (Phi) is 6.57. The molecule has 3 rings (SSSR count). The van der Waals surface area contributed by atoms with E-state index < -0.39 is 5.41 Å². The van der Waals surface area contributed by atoms with E-state index in [1.54, 1.807) is 19.2 Å². The lowest BCUT2D eigenvalue weighted by atomic mass is 9.75. The van der Waals surface area contributed by atoms with E-state index in [0.29, 0.717) is 31.9 Å². The van der Waals surface area contributed by atoms with Crippen molar-refractivity contribution in [2.45, 2.75) is 32.7 Å². The third-order valence-electron chi connectivity index (χ3n) is 5.43. The normalized spacial score (nSPS) is 19.9. The number of nitrogens with zero attached hydrogens (tertiary/aromatic N) is 1. The number of benzene rings is 2. The monoisotopic (exact) mass is 383 g/mol. The van der Waals surface area contributed by atoms with Crippen LogP contribution in [0.3, 0.4) is 0 Å². The number of carbonyl (C=O) groups is 1. The Morgan fingerprint density at radius 1 is 1.21 bits per heavy atom. The molecule has 28 heavy (non-hydrogen) atoms. The predicted octanol–water partition coefficient (Wildman–Crippen LogP) is 3.79. The SMILES string of the molecule is CCOC(=O)[C@@]1(Cc2ccccc2)CCCN(Cc2cc(OC)ccc2O)C1. The van der Waals surface area contributed by atoms with Gasteiger partial charge in [0.05, 0.1) is 19.1 Å². The van der Waals surface area contributed by atoms with Crippen LogP contribution in [0.25, 0.3) is 0 Å². The van der Waals surface area contributed by atoms with Crippen molar-refractivity contribution in [3.8, 4) is 11.5 Å². The van der Waals surface area contributed by atoms with Crippen LogP contribution in [0, 0.1) is 5.41 Å². The molecule has 0 amide bonds. The molecule has 0 aliphatic carbocycles. The van der Waals surface area contributed by atoms with E-state index in [2.05, 4.69) is 17.0 Å². The maximum Gasteiger partial charge on any atom is 0.313 e. The van der Waals surface area contributed by atoms with E-state index in [-0.39, 0.29) is 11.7 Å². The first-order valence-electron chi connectivity index (χ1n) is 9.86. The number of ether oxygens (including phenoxy) is 2. The molecule has 1 aliphatic heterocycles. The van der Waals surface area contributed by atoms with Gasteiger partial charge in [-0.1, -0.05) is 30.3 Å². The molecule has 0 spiro atoms. The third kappa shape index (κ3) is 4.65. The highest BCUT2D eigenvalue weighted by Gasteiger charge is 2.43. The van der Waals surface area contributed by atoms with Gasteiger partial charge in [0.1, 0.15) is 11.5 Å². The molecule has 0 aromatic heterocycles. The van der Waals surface area contributed by atoms with Crippen LogP contribution in [-0.2, 0) is 22.5 Å². The maximum atomic E-state index is 13.0. The standard InChI is InChI=1S/C23H29NO4/c1-3-28-22(26)23(15-18-8-5-4-6-9-18)12-7-13-24(17-23)16-19-14-20(27-2)10-11-21(19)25/h4-6,8-11,14,25H,3,7,12-13,15-17H2,1-2H3/t23-/m1/s1. The average Bonchev–Trinajstić information content (AvgIpc) is 2.71. The molecule has 150 valence electrons. The molecule has 0 bridgehead atoms. The molecule has 2 aromatic carbocycles. The van der Waals surface area contributed by atoms with Crippen LogP contribution in [0.1, 0.15) is 30.9 Å². The van der Waals surface area contributed by atoms with Crippen LogP contribution >= 0.6 is 0 Å². The van der Waals surface area contributed by atoms with Gasteiger partial charge in [-0.15, -0.1) is 0 Å². The van der Waals surface area contributed by atoms with Crippen molar-refractivity contribution < 1.29 is 19.4 Å². The van der Waals surface area contributed by atoms with E-state index >= 15 is 0 Å². The lowest BCUT2D eigenvalue weighted by Crippen LogP contribution is -2.49. The van der Waals surface area contributed by atoms with Crippen molar-refractivity contribution in [1.82, 2.24) is 4.90 Å². The fourth-order valence-corrected chi connectivity index (χ4v) is 4.07. The van der Waals surface area contributed by atoms with E-state index in [0.717, 1.165) is 30.5 Å². The molecule has 1 saturated heterocycles. The summed E-state index contributed by atoms with van der Waals surface area (Å²) in [7, 11) is 1.61. The number of phenolic OH excluding ortho intramolecular Hbond substituents is 1. The summed E-state index contributed by atoms with van der Waals surface area (Å²) in [6.45, 7) is 4.29. The number of aromatic hydroxyl groups is 1. The van der Waals surface area contributed by atoms with Gasteiger partial charge in [-0.05, 0) is 56.5 Å². The fourth-order valence-electron chi connectivity index (χ4n) is 4.07. The number of esters is 1. The summed E-state index contributed by atoms with van der Waals surface area (Å²) in [5.41, 5.74) is 1.38. The number of rotatable bonds is 7. The minimum atomic E-state index is -0.565.